The lowest BCUT2D eigenvalue weighted by molar-refractivity contribution is -0.00842. The summed E-state index contributed by atoms with van der Waals surface area (Å²) in [6.07, 6.45) is 0. The molecule has 0 saturated heterocycles. The van der Waals surface area contributed by atoms with E-state index in [1.54, 1.807) is 7.11 Å². The molecule has 0 amide bonds. The monoisotopic (exact) mass is 249 g/mol. The van der Waals surface area contributed by atoms with Crippen LogP contribution in [0.25, 0.3) is 0 Å². The number of hydrogen-bond donors (Lipinski definition) is 1. The number of ether oxygens (including phenoxy) is 3. The number of halogens is 2. The second-order valence-electron chi connectivity index (χ2n) is 2.97. The van der Waals surface area contributed by atoms with Gasteiger partial charge in [0, 0.05) is 13.2 Å². The highest BCUT2D eigenvalue weighted by Gasteiger charge is 2.07. The summed E-state index contributed by atoms with van der Waals surface area (Å²) in [5.41, 5.74) is 5.35. The minimum absolute atomic E-state index is 0.00809. The van der Waals surface area contributed by atoms with Gasteiger partial charge in [0.05, 0.1) is 23.9 Å². The Balaban J connectivity index is 2.45. The summed E-state index contributed by atoms with van der Waals surface area (Å²) in [6.45, 7) is 0.890. The molecule has 1 rings (SSSR count). The van der Waals surface area contributed by atoms with Gasteiger partial charge in [0.1, 0.15) is 11.6 Å². The zero-order valence-electron chi connectivity index (χ0n) is 8.83. The molecule has 1 aromatic rings. The molecule has 0 heterocycles. The number of rotatable bonds is 6. The maximum Gasteiger partial charge on any atom is 0.189 e. The van der Waals surface area contributed by atoms with Crippen molar-refractivity contribution in [2.45, 2.75) is 0 Å². The summed E-state index contributed by atoms with van der Waals surface area (Å²) in [6, 6.07) is 2.42. The molecule has 0 saturated carbocycles. The molecule has 16 heavy (non-hydrogen) atoms. The van der Waals surface area contributed by atoms with Crippen LogP contribution in [-0.4, -0.2) is 27.1 Å². The molecule has 4 nitrogen and oxygen atoms in total. The maximum absolute atomic E-state index is 12.9. The van der Waals surface area contributed by atoms with Crippen LogP contribution in [0, 0.1) is 5.82 Å². The van der Waals surface area contributed by atoms with E-state index in [4.69, 9.17) is 31.5 Å². The average molecular weight is 250 g/mol. The Bertz CT molecular complexity index is 349. The van der Waals surface area contributed by atoms with Crippen molar-refractivity contribution in [3.05, 3.63) is 23.0 Å². The predicted molar refractivity (Wildman–Crippen MR) is 59.1 cm³/mol. The van der Waals surface area contributed by atoms with E-state index in [-0.39, 0.29) is 23.3 Å². The Morgan fingerprint density at radius 3 is 2.81 bits per heavy atom. The van der Waals surface area contributed by atoms with E-state index in [2.05, 4.69) is 0 Å². The predicted octanol–water partition coefficient (Wildman–Crippen LogP) is 2.06. The van der Waals surface area contributed by atoms with Crippen LogP contribution in [0.3, 0.4) is 0 Å². The molecule has 0 aliphatic rings. The number of hydrogen-bond acceptors (Lipinski definition) is 4. The molecule has 0 aliphatic carbocycles. The third-order valence-corrected chi connectivity index (χ3v) is 2.08. The van der Waals surface area contributed by atoms with E-state index >= 15 is 0 Å². The van der Waals surface area contributed by atoms with Crippen LogP contribution >= 0.6 is 11.6 Å². The van der Waals surface area contributed by atoms with Gasteiger partial charge < -0.3 is 19.9 Å². The van der Waals surface area contributed by atoms with E-state index in [0.29, 0.717) is 13.2 Å². The van der Waals surface area contributed by atoms with Gasteiger partial charge >= 0.3 is 0 Å². The summed E-state index contributed by atoms with van der Waals surface area (Å²) in [5, 5.41) is 0.155. The quantitative estimate of drug-likeness (QED) is 0.476. The third kappa shape index (κ3) is 3.84. The molecule has 0 spiro atoms. The number of methoxy groups -OCH3 is 1. The minimum Gasteiger partial charge on any atom is -0.466 e. The van der Waals surface area contributed by atoms with Crippen LogP contribution < -0.4 is 10.5 Å². The molecule has 0 bridgehead atoms. The molecule has 0 aromatic heterocycles. The van der Waals surface area contributed by atoms with Crippen molar-refractivity contribution in [2.75, 3.05) is 32.9 Å². The second-order valence-corrected chi connectivity index (χ2v) is 3.37. The van der Waals surface area contributed by atoms with Crippen molar-refractivity contribution >= 4 is 17.3 Å². The first kappa shape index (κ1) is 13.0. The van der Waals surface area contributed by atoms with Gasteiger partial charge in [0.25, 0.3) is 0 Å². The summed E-state index contributed by atoms with van der Waals surface area (Å²) < 4.78 is 27.9. The fraction of sp³-hybridized carbons (Fsp3) is 0.400. The van der Waals surface area contributed by atoms with Crippen LogP contribution in [0.5, 0.6) is 5.75 Å². The number of nitrogen functional groups attached to an aromatic ring is 1. The first-order valence-electron chi connectivity index (χ1n) is 4.59. The summed E-state index contributed by atoms with van der Waals surface area (Å²) in [7, 11) is 1.57. The Hall–Kier alpha value is -1.04. The molecule has 1 aromatic carbocycles. The Morgan fingerprint density at radius 2 is 2.12 bits per heavy atom. The van der Waals surface area contributed by atoms with E-state index in [1.807, 2.05) is 0 Å². The summed E-state index contributed by atoms with van der Waals surface area (Å²) in [4.78, 5) is 0. The topological polar surface area (TPSA) is 53.7 Å². The van der Waals surface area contributed by atoms with E-state index in [9.17, 15) is 4.39 Å². The second kappa shape index (κ2) is 6.52. The Kier molecular flexibility index (Phi) is 5.31. The summed E-state index contributed by atoms with van der Waals surface area (Å²) in [5.74, 6) is -0.282. The molecule has 0 unspecified atom stereocenters. The first-order chi connectivity index (χ1) is 7.65. The zero-order valence-corrected chi connectivity index (χ0v) is 9.59. The molecular formula is C10H13ClFNO3. The van der Waals surface area contributed by atoms with Crippen molar-refractivity contribution in [2.24, 2.45) is 0 Å². The molecule has 90 valence electrons. The van der Waals surface area contributed by atoms with Gasteiger partial charge in [-0.15, -0.1) is 0 Å². The van der Waals surface area contributed by atoms with Gasteiger partial charge in [-0.1, -0.05) is 11.6 Å². The minimum atomic E-state index is -0.572. The normalized spacial score (nSPS) is 10.4. The molecule has 0 fully saturated rings. The van der Waals surface area contributed by atoms with Gasteiger partial charge in [0.2, 0.25) is 0 Å². The smallest absolute Gasteiger partial charge is 0.189 e. The molecule has 0 aliphatic heterocycles. The van der Waals surface area contributed by atoms with Crippen LogP contribution in [0.2, 0.25) is 5.02 Å². The van der Waals surface area contributed by atoms with Gasteiger partial charge in [-0.25, -0.2) is 4.39 Å². The van der Waals surface area contributed by atoms with E-state index < -0.39 is 5.82 Å². The molecule has 0 radical (unpaired) electrons. The number of nitrogens with two attached hydrogens (primary N) is 1. The number of benzene rings is 1. The first-order valence-corrected chi connectivity index (χ1v) is 4.97. The van der Waals surface area contributed by atoms with Crippen LogP contribution in [0.1, 0.15) is 0 Å². The van der Waals surface area contributed by atoms with Gasteiger partial charge in [-0.2, -0.15) is 0 Å². The van der Waals surface area contributed by atoms with Crippen molar-refractivity contribution in [1.82, 2.24) is 0 Å². The van der Waals surface area contributed by atoms with Crippen molar-refractivity contribution < 1.29 is 18.6 Å². The molecule has 0 atom stereocenters. The zero-order chi connectivity index (χ0) is 12.0. The lowest BCUT2D eigenvalue weighted by atomic mass is 10.3. The fourth-order valence-electron chi connectivity index (χ4n) is 0.962. The van der Waals surface area contributed by atoms with Crippen molar-refractivity contribution in [3.63, 3.8) is 0 Å². The highest BCUT2D eigenvalue weighted by Crippen LogP contribution is 2.28. The average Bonchev–Trinajstić information content (AvgIpc) is 2.25. The Morgan fingerprint density at radius 1 is 1.38 bits per heavy atom. The molecular weight excluding hydrogens is 237 g/mol. The van der Waals surface area contributed by atoms with Crippen LogP contribution in [0.15, 0.2) is 12.1 Å². The standard InChI is InChI=1S/C10H13ClFNO3/c1-14-2-3-15-6-16-10-5-9(13)8(12)4-7(10)11/h4-5H,2-3,6,13H2,1H3. The Labute approximate surface area is 98.0 Å². The van der Waals surface area contributed by atoms with Gasteiger partial charge in [-0.3, -0.25) is 0 Å². The number of anilines is 1. The van der Waals surface area contributed by atoms with Gasteiger partial charge in [0.15, 0.2) is 6.79 Å². The highest BCUT2D eigenvalue weighted by molar-refractivity contribution is 6.32. The lowest BCUT2D eigenvalue weighted by Gasteiger charge is -2.09. The summed E-state index contributed by atoms with van der Waals surface area (Å²) >= 11 is 5.74. The third-order valence-electron chi connectivity index (χ3n) is 1.78. The fourth-order valence-corrected chi connectivity index (χ4v) is 1.17. The van der Waals surface area contributed by atoms with Crippen molar-refractivity contribution in [3.8, 4) is 5.75 Å². The highest BCUT2D eigenvalue weighted by atomic mass is 35.5. The molecule has 6 heteroatoms. The van der Waals surface area contributed by atoms with Crippen molar-refractivity contribution in [1.29, 1.82) is 0 Å². The molecule has 2 N–H and O–H groups in total. The SMILES string of the molecule is COCCOCOc1cc(N)c(F)cc1Cl. The van der Waals surface area contributed by atoms with Gasteiger partial charge in [-0.05, 0) is 6.07 Å². The van der Waals surface area contributed by atoms with E-state index in [1.165, 1.54) is 6.07 Å². The largest absolute Gasteiger partial charge is 0.466 e. The lowest BCUT2D eigenvalue weighted by Crippen LogP contribution is -2.08. The maximum atomic E-state index is 12.9. The van der Waals surface area contributed by atoms with E-state index in [0.717, 1.165) is 6.07 Å². The van der Waals surface area contributed by atoms with Crippen LogP contribution in [0.4, 0.5) is 10.1 Å². The van der Waals surface area contributed by atoms with Crippen LogP contribution in [-0.2, 0) is 9.47 Å².